The number of nitrogens with zero attached hydrogens (tertiary/aromatic N) is 6. The van der Waals surface area contributed by atoms with Gasteiger partial charge in [-0.05, 0) is 65.1 Å². The second-order valence-electron chi connectivity index (χ2n) is 9.84. The number of hydrogen-bond donors (Lipinski definition) is 0. The van der Waals surface area contributed by atoms with E-state index in [0.717, 1.165) is 41.9 Å². The number of rotatable bonds is 6. The van der Waals surface area contributed by atoms with E-state index in [1.165, 1.54) is 37.2 Å². The largest absolute Gasteiger partial charge is 0.481 e. The van der Waals surface area contributed by atoms with Crippen molar-refractivity contribution < 1.29 is 9.47 Å². The molecule has 8 nitrogen and oxygen atoms in total. The van der Waals surface area contributed by atoms with Crippen molar-refractivity contribution in [3.05, 3.63) is 41.5 Å². The summed E-state index contributed by atoms with van der Waals surface area (Å²) in [6.07, 6.45) is 10.1. The van der Waals surface area contributed by atoms with E-state index in [1.54, 1.807) is 7.11 Å². The molecule has 182 valence electrons. The number of piperidine rings is 1. The van der Waals surface area contributed by atoms with Gasteiger partial charge in [-0.3, -0.25) is 4.68 Å². The fourth-order valence-electron chi connectivity index (χ4n) is 5.27. The lowest BCUT2D eigenvalue weighted by molar-refractivity contribution is 0.140. The van der Waals surface area contributed by atoms with Gasteiger partial charge in [0.15, 0.2) is 0 Å². The number of likely N-dealkylation sites (tertiary alicyclic amines) is 1. The SMILES string of the molecule is COc1ncc(-n2nc(-c3cnn(CC4CCN(C(C)C)CC4)c3)c3c2CCOCC3)cc1C. The molecule has 5 rings (SSSR count). The summed E-state index contributed by atoms with van der Waals surface area (Å²) in [6, 6.07) is 2.72. The molecule has 3 aromatic rings. The summed E-state index contributed by atoms with van der Waals surface area (Å²) in [4.78, 5) is 7.05. The molecule has 0 aliphatic carbocycles. The van der Waals surface area contributed by atoms with Gasteiger partial charge < -0.3 is 14.4 Å². The Balaban J connectivity index is 1.41. The Bertz CT molecular complexity index is 1130. The van der Waals surface area contributed by atoms with Crippen molar-refractivity contribution in [2.75, 3.05) is 33.4 Å². The second kappa shape index (κ2) is 9.88. The number of aryl methyl sites for hydroxylation is 1. The van der Waals surface area contributed by atoms with Crippen molar-refractivity contribution in [3.8, 4) is 22.8 Å². The van der Waals surface area contributed by atoms with Crippen LogP contribution in [0.3, 0.4) is 0 Å². The summed E-state index contributed by atoms with van der Waals surface area (Å²) in [6.45, 7) is 11.3. The molecule has 2 aliphatic rings. The van der Waals surface area contributed by atoms with E-state index in [4.69, 9.17) is 19.7 Å². The monoisotopic (exact) mass is 464 g/mol. The van der Waals surface area contributed by atoms with Gasteiger partial charge in [-0.25, -0.2) is 9.67 Å². The molecule has 1 fully saturated rings. The second-order valence-corrected chi connectivity index (χ2v) is 9.84. The van der Waals surface area contributed by atoms with Crippen LogP contribution in [0.25, 0.3) is 16.9 Å². The first-order valence-electron chi connectivity index (χ1n) is 12.5. The fourth-order valence-corrected chi connectivity index (χ4v) is 5.27. The molecule has 0 amide bonds. The third kappa shape index (κ3) is 4.61. The molecule has 8 heteroatoms. The van der Waals surface area contributed by atoms with Crippen LogP contribution in [-0.2, 0) is 24.1 Å². The maximum Gasteiger partial charge on any atom is 0.216 e. The van der Waals surface area contributed by atoms with E-state index in [9.17, 15) is 0 Å². The van der Waals surface area contributed by atoms with Crippen LogP contribution in [0.1, 0.15) is 43.5 Å². The average Bonchev–Trinajstić information content (AvgIpc) is 3.36. The van der Waals surface area contributed by atoms with E-state index < -0.39 is 0 Å². The first-order valence-corrected chi connectivity index (χ1v) is 12.5. The minimum absolute atomic E-state index is 0.635. The van der Waals surface area contributed by atoms with E-state index in [-0.39, 0.29) is 0 Å². The number of methoxy groups -OCH3 is 1. The topological polar surface area (TPSA) is 70.2 Å². The van der Waals surface area contributed by atoms with E-state index in [2.05, 4.69) is 40.7 Å². The highest BCUT2D eigenvalue weighted by molar-refractivity contribution is 5.64. The zero-order chi connectivity index (χ0) is 23.7. The van der Waals surface area contributed by atoms with Gasteiger partial charge in [0.25, 0.3) is 0 Å². The van der Waals surface area contributed by atoms with Crippen molar-refractivity contribution in [1.82, 2.24) is 29.4 Å². The van der Waals surface area contributed by atoms with Crippen LogP contribution in [0.5, 0.6) is 5.88 Å². The lowest BCUT2D eigenvalue weighted by Gasteiger charge is -2.34. The highest BCUT2D eigenvalue weighted by Gasteiger charge is 2.25. The van der Waals surface area contributed by atoms with Gasteiger partial charge in [0.05, 0.1) is 49.8 Å². The molecule has 0 N–H and O–H groups in total. The Hall–Kier alpha value is -2.71. The average molecular weight is 465 g/mol. The molecule has 5 heterocycles. The maximum absolute atomic E-state index is 5.81. The van der Waals surface area contributed by atoms with Crippen molar-refractivity contribution in [1.29, 1.82) is 0 Å². The molecule has 0 atom stereocenters. The van der Waals surface area contributed by atoms with Crippen LogP contribution in [0, 0.1) is 12.8 Å². The Labute approximate surface area is 201 Å². The minimum Gasteiger partial charge on any atom is -0.481 e. The summed E-state index contributed by atoms with van der Waals surface area (Å²) < 4.78 is 15.3. The summed E-state index contributed by atoms with van der Waals surface area (Å²) >= 11 is 0. The normalized spacial score (nSPS) is 17.7. The molecule has 0 bridgehead atoms. The molecule has 0 aromatic carbocycles. The van der Waals surface area contributed by atoms with Crippen LogP contribution in [0.15, 0.2) is 24.7 Å². The van der Waals surface area contributed by atoms with Gasteiger partial charge in [0, 0.05) is 41.9 Å². The molecule has 34 heavy (non-hydrogen) atoms. The standard InChI is InChI=1S/C26H36N6O2/c1-18(2)30-9-5-20(6-10-30)16-31-17-21(14-28-31)25-23-7-11-34-12-8-24(23)32(29-25)22-13-19(3)26(33-4)27-15-22/h13-15,17-18,20H,5-12,16H2,1-4H3. The smallest absolute Gasteiger partial charge is 0.216 e. The highest BCUT2D eigenvalue weighted by Crippen LogP contribution is 2.31. The number of ether oxygens (including phenoxy) is 2. The summed E-state index contributed by atoms with van der Waals surface area (Å²) in [5.41, 5.74) is 6.49. The molecule has 0 saturated carbocycles. The molecular weight excluding hydrogens is 428 g/mol. The Morgan fingerprint density at radius 1 is 1.15 bits per heavy atom. The number of fused-ring (bicyclic) bond motifs is 1. The first-order chi connectivity index (χ1) is 16.5. The Kier molecular flexibility index (Phi) is 6.70. The van der Waals surface area contributed by atoms with Gasteiger partial charge >= 0.3 is 0 Å². The van der Waals surface area contributed by atoms with E-state index >= 15 is 0 Å². The molecule has 0 radical (unpaired) electrons. The summed E-state index contributed by atoms with van der Waals surface area (Å²) in [7, 11) is 1.65. The molecular formula is C26H36N6O2. The van der Waals surface area contributed by atoms with Crippen LogP contribution in [0.4, 0.5) is 0 Å². The van der Waals surface area contributed by atoms with Crippen LogP contribution in [0.2, 0.25) is 0 Å². The third-order valence-electron chi connectivity index (χ3n) is 7.25. The number of pyridine rings is 1. The number of aromatic nitrogens is 5. The number of hydrogen-bond acceptors (Lipinski definition) is 6. The predicted octanol–water partition coefficient (Wildman–Crippen LogP) is 3.68. The van der Waals surface area contributed by atoms with Gasteiger partial charge in [0.1, 0.15) is 0 Å². The molecule has 2 aliphatic heterocycles. The predicted molar refractivity (Wildman–Crippen MR) is 132 cm³/mol. The van der Waals surface area contributed by atoms with Gasteiger partial charge in [-0.2, -0.15) is 10.2 Å². The zero-order valence-electron chi connectivity index (χ0n) is 20.8. The molecule has 1 saturated heterocycles. The zero-order valence-corrected chi connectivity index (χ0v) is 20.8. The minimum atomic E-state index is 0.635. The van der Waals surface area contributed by atoms with Gasteiger partial charge in [0.2, 0.25) is 5.88 Å². The van der Waals surface area contributed by atoms with Crippen molar-refractivity contribution >= 4 is 0 Å². The summed E-state index contributed by atoms with van der Waals surface area (Å²) in [5.74, 6) is 1.32. The van der Waals surface area contributed by atoms with Gasteiger partial charge in [-0.15, -0.1) is 0 Å². The summed E-state index contributed by atoms with van der Waals surface area (Å²) in [5, 5.41) is 9.81. The van der Waals surface area contributed by atoms with E-state index in [0.29, 0.717) is 31.1 Å². The Morgan fingerprint density at radius 3 is 2.68 bits per heavy atom. The lowest BCUT2D eigenvalue weighted by atomic mass is 9.96. The lowest BCUT2D eigenvalue weighted by Crippen LogP contribution is -2.39. The van der Waals surface area contributed by atoms with Gasteiger partial charge in [-0.1, -0.05) is 0 Å². The van der Waals surface area contributed by atoms with Crippen LogP contribution < -0.4 is 4.74 Å². The van der Waals surface area contributed by atoms with Crippen molar-refractivity contribution in [2.24, 2.45) is 5.92 Å². The van der Waals surface area contributed by atoms with E-state index in [1.807, 2.05) is 24.0 Å². The molecule has 0 spiro atoms. The molecule has 0 unspecified atom stereocenters. The van der Waals surface area contributed by atoms with Crippen LogP contribution in [-0.4, -0.2) is 68.9 Å². The van der Waals surface area contributed by atoms with Crippen LogP contribution >= 0.6 is 0 Å². The highest BCUT2D eigenvalue weighted by atomic mass is 16.5. The fraction of sp³-hybridized carbons (Fsp3) is 0.577. The first kappa shape index (κ1) is 23.1. The third-order valence-corrected chi connectivity index (χ3v) is 7.25. The Morgan fingerprint density at radius 2 is 1.94 bits per heavy atom. The maximum atomic E-state index is 5.81. The van der Waals surface area contributed by atoms with Crippen molar-refractivity contribution in [2.45, 2.75) is 59.0 Å². The quantitative estimate of drug-likeness (QED) is 0.554. The van der Waals surface area contributed by atoms with Crippen molar-refractivity contribution in [3.63, 3.8) is 0 Å². The molecule has 3 aromatic heterocycles.